The van der Waals surface area contributed by atoms with Gasteiger partial charge in [0.25, 0.3) is 6.47 Å². The second kappa shape index (κ2) is 10.1. The molecule has 2 aromatic rings. The quantitative estimate of drug-likeness (QED) is 0.655. The number of hydrogen-bond acceptors (Lipinski definition) is 5. The summed E-state index contributed by atoms with van der Waals surface area (Å²) in [5.41, 5.74) is 0.590. The van der Waals surface area contributed by atoms with Crippen LogP contribution >= 0.6 is 11.6 Å². The van der Waals surface area contributed by atoms with Crippen molar-refractivity contribution < 1.29 is 14.7 Å². The van der Waals surface area contributed by atoms with Crippen molar-refractivity contribution in [1.82, 2.24) is 20.0 Å². The number of aryl methyl sites for hydroxylation is 1. The maximum atomic E-state index is 12.6. The Morgan fingerprint density at radius 1 is 1.36 bits per heavy atom. The summed E-state index contributed by atoms with van der Waals surface area (Å²) >= 11 is 6.07. The van der Waals surface area contributed by atoms with Gasteiger partial charge in [0.05, 0.1) is 6.20 Å². The number of carboxylic acid groups (broad SMARTS) is 1. The lowest BCUT2D eigenvalue weighted by Crippen LogP contribution is -2.57. The molecule has 1 aromatic heterocycles. The Morgan fingerprint density at radius 3 is 2.57 bits per heavy atom. The van der Waals surface area contributed by atoms with Crippen molar-refractivity contribution in [2.24, 2.45) is 7.05 Å². The van der Waals surface area contributed by atoms with Gasteiger partial charge in [-0.2, -0.15) is 5.10 Å². The maximum absolute atomic E-state index is 12.6. The fraction of sp³-hybridized carbons (Fsp3) is 0.421. The van der Waals surface area contributed by atoms with Crippen molar-refractivity contribution in [3.63, 3.8) is 0 Å². The first-order valence-electron chi connectivity index (χ1n) is 8.97. The zero-order chi connectivity index (χ0) is 20.6. The van der Waals surface area contributed by atoms with Gasteiger partial charge in [0.1, 0.15) is 11.4 Å². The summed E-state index contributed by atoms with van der Waals surface area (Å²) in [7, 11) is 3.56. The maximum Gasteiger partial charge on any atom is 0.290 e. The highest BCUT2D eigenvalue weighted by atomic mass is 35.5. The number of nitrogens with zero attached hydrogens (tertiary/aromatic N) is 3. The predicted molar refractivity (Wildman–Crippen MR) is 108 cm³/mol. The van der Waals surface area contributed by atoms with Crippen molar-refractivity contribution in [3.05, 3.63) is 47.1 Å². The second-order valence-electron chi connectivity index (χ2n) is 6.64. The summed E-state index contributed by atoms with van der Waals surface area (Å²) < 4.78 is 1.75. The van der Waals surface area contributed by atoms with Crippen molar-refractivity contribution in [3.8, 4) is 0 Å². The summed E-state index contributed by atoms with van der Waals surface area (Å²) in [5, 5.41) is 18.1. The Labute approximate surface area is 169 Å². The molecular weight excluding hydrogens is 382 g/mol. The van der Waals surface area contributed by atoms with Crippen LogP contribution in [0.2, 0.25) is 5.02 Å². The molecule has 8 nitrogen and oxygen atoms in total. The van der Waals surface area contributed by atoms with Crippen molar-refractivity contribution in [1.29, 1.82) is 0 Å². The molecule has 0 spiro atoms. The first-order chi connectivity index (χ1) is 13.4. The Kier molecular flexibility index (Phi) is 7.83. The Balaban J connectivity index is 0.000000878. The van der Waals surface area contributed by atoms with E-state index in [4.69, 9.17) is 21.5 Å². The molecule has 1 aliphatic rings. The fourth-order valence-electron chi connectivity index (χ4n) is 3.38. The molecule has 0 aliphatic carbocycles. The molecule has 1 saturated heterocycles. The lowest BCUT2D eigenvalue weighted by molar-refractivity contribution is -0.126. The lowest BCUT2D eigenvalue weighted by atomic mass is 9.86. The van der Waals surface area contributed by atoms with E-state index in [0.717, 1.165) is 43.3 Å². The molecular formula is C19H26ClN5O3. The Morgan fingerprint density at radius 2 is 2.04 bits per heavy atom. The van der Waals surface area contributed by atoms with E-state index in [-0.39, 0.29) is 12.4 Å². The molecule has 1 amide bonds. The van der Waals surface area contributed by atoms with Crippen LogP contribution in [0.15, 0.2) is 36.5 Å². The molecule has 1 aliphatic heterocycles. The summed E-state index contributed by atoms with van der Waals surface area (Å²) in [5.74, 6) is 0.878. The zero-order valence-electron chi connectivity index (χ0n) is 16.1. The van der Waals surface area contributed by atoms with Crippen LogP contribution in [0.4, 0.5) is 5.82 Å². The Bertz CT molecular complexity index is 787. The van der Waals surface area contributed by atoms with E-state index in [9.17, 15) is 4.79 Å². The molecule has 3 rings (SSSR count). The van der Waals surface area contributed by atoms with Crippen LogP contribution in [0.25, 0.3) is 0 Å². The van der Waals surface area contributed by atoms with Crippen molar-refractivity contribution in [2.45, 2.75) is 24.9 Å². The minimum absolute atomic E-state index is 0.0242. The van der Waals surface area contributed by atoms with Gasteiger partial charge < -0.3 is 15.7 Å². The van der Waals surface area contributed by atoms with Crippen LogP contribution < -0.4 is 10.6 Å². The van der Waals surface area contributed by atoms with Crippen LogP contribution in [-0.2, 0) is 23.2 Å². The summed E-state index contributed by atoms with van der Waals surface area (Å²) in [6.45, 7) is 2.27. The number of carbonyl (C=O) groups is 2. The number of halogens is 1. The van der Waals surface area contributed by atoms with E-state index in [1.165, 1.54) is 5.56 Å². The van der Waals surface area contributed by atoms with E-state index in [1.54, 1.807) is 17.9 Å². The number of anilines is 1. The number of aromatic nitrogens is 2. The highest BCUT2D eigenvalue weighted by Gasteiger charge is 2.41. The SMILES string of the molecule is CNC(=O)C1(Nc2ccnn2C)CCN(Cc2cccc(Cl)c2)CC1.O=CO. The van der Waals surface area contributed by atoms with E-state index >= 15 is 0 Å². The van der Waals surface area contributed by atoms with E-state index in [2.05, 4.69) is 26.7 Å². The highest BCUT2D eigenvalue weighted by molar-refractivity contribution is 6.30. The van der Waals surface area contributed by atoms with Crippen LogP contribution in [0.3, 0.4) is 0 Å². The first-order valence-corrected chi connectivity index (χ1v) is 9.35. The van der Waals surface area contributed by atoms with Gasteiger partial charge in [-0.15, -0.1) is 0 Å². The average molecular weight is 408 g/mol. The minimum atomic E-state index is -0.604. The molecule has 0 radical (unpaired) electrons. The van der Waals surface area contributed by atoms with Crippen LogP contribution in [-0.4, -0.2) is 57.8 Å². The number of rotatable bonds is 5. The van der Waals surface area contributed by atoms with Gasteiger partial charge in [0.2, 0.25) is 5.91 Å². The van der Waals surface area contributed by atoms with Gasteiger partial charge in [-0.1, -0.05) is 23.7 Å². The average Bonchev–Trinajstić information content (AvgIpc) is 3.08. The number of likely N-dealkylation sites (tertiary alicyclic amines) is 1. The lowest BCUT2D eigenvalue weighted by Gasteiger charge is -2.41. The number of nitrogens with one attached hydrogen (secondary N) is 2. The van der Waals surface area contributed by atoms with Crippen LogP contribution in [0, 0.1) is 0 Å². The number of carbonyl (C=O) groups excluding carboxylic acids is 1. The minimum Gasteiger partial charge on any atom is -0.483 e. The van der Waals surface area contributed by atoms with Gasteiger partial charge in [0, 0.05) is 44.8 Å². The normalized spacial score (nSPS) is 15.8. The van der Waals surface area contributed by atoms with Crippen LogP contribution in [0.5, 0.6) is 0 Å². The standard InChI is InChI=1S/C18H24ClN5O.CH2O2/c1-20-17(25)18(22-16-6-9-21-23(16)2)7-10-24(11-8-18)13-14-4-3-5-15(19)12-14;2-1-3/h3-6,9,12,22H,7-8,10-11,13H2,1-2H3,(H,20,25);1H,(H,2,3). The number of piperidine rings is 1. The number of hydrogen-bond donors (Lipinski definition) is 3. The third kappa shape index (κ3) is 5.46. The third-order valence-corrected chi connectivity index (χ3v) is 5.09. The van der Waals surface area contributed by atoms with Crippen molar-refractivity contribution >= 4 is 29.8 Å². The van der Waals surface area contributed by atoms with E-state index < -0.39 is 5.54 Å². The molecule has 0 atom stereocenters. The Hall–Kier alpha value is -2.58. The number of benzene rings is 1. The summed E-state index contributed by atoms with van der Waals surface area (Å²) in [4.78, 5) is 23.3. The molecule has 152 valence electrons. The van der Waals surface area contributed by atoms with Crippen molar-refractivity contribution in [2.75, 3.05) is 25.5 Å². The molecule has 28 heavy (non-hydrogen) atoms. The molecule has 9 heteroatoms. The summed E-state index contributed by atoms with van der Waals surface area (Å²) in [6.07, 6.45) is 3.20. The smallest absolute Gasteiger partial charge is 0.290 e. The molecule has 3 N–H and O–H groups in total. The van der Waals surface area contributed by atoms with Gasteiger partial charge in [-0.25, -0.2) is 0 Å². The molecule has 0 unspecified atom stereocenters. The fourth-order valence-corrected chi connectivity index (χ4v) is 3.59. The highest BCUT2D eigenvalue weighted by Crippen LogP contribution is 2.28. The molecule has 1 aromatic carbocycles. The summed E-state index contributed by atoms with van der Waals surface area (Å²) in [6, 6.07) is 9.83. The molecule has 1 fully saturated rings. The van der Waals surface area contributed by atoms with E-state index in [0.29, 0.717) is 0 Å². The molecule has 2 heterocycles. The third-order valence-electron chi connectivity index (χ3n) is 4.85. The number of amides is 1. The van der Waals surface area contributed by atoms with Gasteiger partial charge in [-0.05, 0) is 30.5 Å². The predicted octanol–water partition coefficient (Wildman–Crippen LogP) is 1.97. The topological polar surface area (TPSA) is 99.5 Å². The van der Waals surface area contributed by atoms with Gasteiger partial charge >= 0.3 is 0 Å². The van der Waals surface area contributed by atoms with Crippen LogP contribution in [0.1, 0.15) is 18.4 Å². The van der Waals surface area contributed by atoms with Gasteiger partial charge in [-0.3, -0.25) is 19.2 Å². The zero-order valence-corrected chi connectivity index (χ0v) is 16.8. The second-order valence-corrected chi connectivity index (χ2v) is 7.07. The largest absolute Gasteiger partial charge is 0.483 e. The molecule has 0 bridgehead atoms. The van der Waals surface area contributed by atoms with E-state index in [1.807, 2.05) is 31.3 Å². The first kappa shape index (κ1) is 21.7. The molecule has 0 saturated carbocycles. The monoisotopic (exact) mass is 407 g/mol. The number of likely N-dealkylation sites (N-methyl/N-ethyl adjacent to an activating group) is 1. The van der Waals surface area contributed by atoms with Gasteiger partial charge in [0.15, 0.2) is 0 Å².